The molecule has 0 bridgehead atoms. The number of aliphatic imine (C=N–C) groups is 2. The Hall–Kier alpha value is -3.25. The normalized spacial score (nSPS) is 18.3. The van der Waals surface area contributed by atoms with Crippen molar-refractivity contribution in [1.82, 2.24) is 15.1 Å². The summed E-state index contributed by atoms with van der Waals surface area (Å²) in [5.41, 5.74) is 6.78. The van der Waals surface area contributed by atoms with E-state index in [1.807, 2.05) is 28.0 Å². The van der Waals surface area contributed by atoms with Gasteiger partial charge in [-0.2, -0.15) is 9.65 Å². The molecule has 33 heavy (non-hydrogen) atoms. The number of carbonyl (C=O) groups is 1. The molecule has 1 aromatic carbocycles. The first-order valence-corrected chi connectivity index (χ1v) is 11.3. The number of carbonyl (C=O) groups excluding carboxylic acids is 1. The Bertz CT molecular complexity index is 956. The number of benzene rings is 1. The second-order valence-corrected chi connectivity index (χ2v) is 8.61. The largest absolute Gasteiger partial charge is 0.369 e. The Morgan fingerprint density at radius 3 is 2.67 bits per heavy atom. The van der Waals surface area contributed by atoms with Gasteiger partial charge < -0.3 is 16.0 Å². The molecule has 176 valence electrons. The Morgan fingerprint density at radius 1 is 1.36 bits per heavy atom. The standard InChI is InChI=1S/C24H32FN7O/c1-28-23(30-14-17-8-10-31(11-9-17)16-21(27)33)22(25)24(29-2)32(20-6-7-20)15-19-5-3-4-18(12-19)13-26/h3-5,12,17,20,30H,1,6-11,14-16H2,2H3,(H2,27,33)/b23-22-,29-24?. The van der Waals surface area contributed by atoms with Crippen LogP contribution in [0.5, 0.6) is 0 Å². The fourth-order valence-corrected chi connectivity index (χ4v) is 4.17. The van der Waals surface area contributed by atoms with Crippen molar-refractivity contribution in [1.29, 1.82) is 5.26 Å². The maximum atomic E-state index is 15.6. The van der Waals surface area contributed by atoms with E-state index < -0.39 is 5.83 Å². The van der Waals surface area contributed by atoms with Crippen LogP contribution < -0.4 is 11.1 Å². The van der Waals surface area contributed by atoms with Gasteiger partial charge in [0.2, 0.25) is 11.7 Å². The van der Waals surface area contributed by atoms with Crippen LogP contribution in [0.4, 0.5) is 4.39 Å². The summed E-state index contributed by atoms with van der Waals surface area (Å²) in [6.07, 6.45) is 3.73. The third-order valence-electron chi connectivity index (χ3n) is 6.09. The lowest BCUT2D eigenvalue weighted by Gasteiger charge is -2.31. The van der Waals surface area contributed by atoms with E-state index in [1.54, 1.807) is 13.1 Å². The summed E-state index contributed by atoms with van der Waals surface area (Å²) in [4.78, 5) is 23.3. The maximum Gasteiger partial charge on any atom is 0.231 e. The molecular weight excluding hydrogens is 421 g/mol. The highest BCUT2D eigenvalue weighted by Gasteiger charge is 2.34. The summed E-state index contributed by atoms with van der Waals surface area (Å²) < 4.78 is 15.6. The fraction of sp³-hybridized carbons (Fsp3) is 0.500. The maximum absolute atomic E-state index is 15.6. The number of amidine groups is 1. The van der Waals surface area contributed by atoms with Crippen LogP contribution in [0.15, 0.2) is 45.9 Å². The SMILES string of the molecule is C=N/C(NCC1CCN(CC(N)=O)CC1)=C(/F)C(=NC)N(Cc1cccc(C#N)c1)C1CC1. The highest BCUT2D eigenvalue weighted by Crippen LogP contribution is 2.31. The van der Waals surface area contributed by atoms with Gasteiger partial charge in [-0.05, 0) is 69.1 Å². The van der Waals surface area contributed by atoms with Gasteiger partial charge in [-0.15, -0.1) is 0 Å². The first-order chi connectivity index (χ1) is 15.9. The summed E-state index contributed by atoms with van der Waals surface area (Å²) in [6.45, 7) is 6.44. The van der Waals surface area contributed by atoms with Crippen molar-refractivity contribution in [2.24, 2.45) is 21.6 Å². The average molecular weight is 454 g/mol. The molecular formula is C24H32FN7O. The van der Waals surface area contributed by atoms with E-state index in [-0.39, 0.29) is 30.2 Å². The lowest BCUT2D eigenvalue weighted by Crippen LogP contribution is -2.41. The molecule has 0 aromatic heterocycles. The summed E-state index contributed by atoms with van der Waals surface area (Å²) in [5, 5.41) is 12.3. The van der Waals surface area contributed by atoms with Crippen molar-refractivity contribution in [3.63, 3.8) is 0 Å². The first kappa shape index (κ1) is 24.4. The number of hydrogen-bond donors (Lipinski definition) is 2. The van der Waals surface area contributed by atoms with E-state index in [2.05, 4.69) is 28.1 Å². The zero-order chi connectivity index (χ0) is 23.8. The molecule has 1 heterocycles. The molecule has 0 spiro atoms. The number of nitrogens with two attached hydrogens (primary N) is 1. The number of halogens is 1. The van der Waals surface area contributed by atoms with Crippen molar-refractivity contribution < 1.29 is 9.18 Å². The quantitative estimate of drug-likeness (QED) is 0.417. The van der Waals surface area contributed by atoms with E-state index in [0.29, 0.717) is 24.6 Å². The first-order valence-electron chi connectivity index (χ1n) is 11.3. The van der Waals surface area contributed by atoms with Gasteiger partial charge in [-0.25, -0.2) is 4.99 Å². The van der Waals surface area contributed by atoms with Gasteiger partial charge in [-0.3, -0.25) is 14.7 Å². The third kappa shape index (κ3) is 6.86. The number of amides is 1. The number of nitrogens with zero attached hydrogens (tertiary/aromatic N) is 5. The summed E-state index contributed by atoms with van der Waals surface area (Å²) in [5.74, 6) is -0.172. The molecule has 9 heteroatoms. The molecule has 1 saturated carbocycles. The second kappa shape index (κ2) is 11.6. The smallest absolute Gasteiger partial charge is 0.231 e. The average Bonchev–Trinajstić information content (AvgIpc) is 3.65. The molecule has 2 fully saturated rings. The van der Waals surface area contributed by atoms with Gasteiger partial charge in [0.1, 0.15) is 0 Å². The number of nitriles is 1. The lowest BCUT2D eigenvalue weighted by atomic mass is 9.97. The molecule has 1 aliphatic carbocycles. The monoisotopic (exact) mass is 453 g/mol. The van der Waals surface area contributed by atoms with E-state index >= 15 is 4.39 Å². The van der Waals surface area contributed by atoms with Gasteiger partial charge in [0.15, 0.2) is 11.7 Å². The Morgan fingerprint density at radius 2 is 2.09 bits per heavy atom. The van der Waals surface area contributed by atoms with E-state index in [1.165, 1.54) is 0 Å². The second-order valence-electron chi connectivity index (χ2n) is 8.61. The van der Waals surface area contributed by atoms with Gasteiger partial charge in [0, 0.05) is 26.2 Å². The van der Waals surface area contributed by atoms with Gasteiger partial charge in [0.25, 0.3) is 0 Å². The molecule has 3 rings (SSSR count). The van der Waals surface area contributed by atoms with E-state index in [9.17, 15) is 10.1 Å². The van der Waals surface area contributed by atoms with Gasteiger partial charge in [-0.1, -0.05) is 12.1 Å². The lowest BCUT2D eigenvalue weighted by molar-refractivity contribution is -0.119. The topological polar surface area (TPSA) is 110 Å². The molecule has 1 aromatic rings. The summed E-state index contributed by atoms with van der Waals surface area (Å²) >= 11 is 0. The number of nitrogens with one attached hydrogen (secondary N) is 1. The van der Waals surface area contributed by atoms with Crippen LogP contribution in [0.2, 0.25) is 0 Å². The predicted octanol–water partition coefficient (Wildman–Crippen LogP) is 2.18. The number of hydrogen-bond acceptors (Lipinski definition) is 6. The third-order valence-corrected chi connectivity index (χ3v) is 6.09. The van der Waals surface area contributed by atoms with Crippen LogP contribution in [0.25, 0.3) is 0 Å². The minimum atomic E-state index is -0.526. The van der Waals surface area contributed by atoms with Crippen molar-refractivity contribution in [3.05, 3.63) is 47.0 Å². The van der Waals surface area contributed by atoms with Crippen LogP contribution in [-0.4, -0.2) is 67.5 Å². The van der Waals surface area contributed by atoms with E-state index in [0.717, 1.165) is 44.3 Å². The predicted molar refractivity (Wildman–Crippen MR) is 127 cm³/mol. The number of primary amides is 1. The Kier molecular flexibility index (Phi) is 8.55. The Labute approximate surface area is 194 Å². The van der Waals surface area contributed by atoms with Crippen molar-refractivity contribution in [2.45, 2.75) is 38.3 Å². The molecule has 1 saturated heterocycles. The van der Waals surface area contributed by atoms with Crippen LogP contribution >= 0.6 is 0 Å². The molecule has 0 atom stereocenters. The van der Waals surface area contributed by atoms with Crippen LogP contribution in [0.1, 0.15) is 36.8 Å². The van der Waals surface area contributed by atoms with Crippen molar-refractivity contribution >= 4 is 18.5 Å². The number of piperidine rings is 1. The van der Waals surface area contributed by atoms with Gasteiger partial charge >= 0.3 is 0 Å². The van der Waals surface area contributed by atoms with Crippen molar-refractivity contribution in [3.8, 4) is 6.07 Å². The summed E-state index contributed by atoms with van der Waals surface area (Å²) in [7, 11) is 1.57. The number of rotatable bonds is 10. The fourth-order valence-electron chi connectivity index (χ4n) is 4.17. The molecule has 2 aliphatic rings. The molecule has 3 N–H and O–H groups in total. The molecule has 1 amide bonds. The molecule has 1 aliphatic heterocycles. The van der Waals surface area contributed by atoms with Crippen LogP contribution in [0.3, 0.4) is 0 Å². The van der Waals surface area contributed by atoms with E-state index in [4.69, 9.17) is 5.73 Å². The zero-order valence-corrected chi connectivity index (χ0v) is 19.1. The molecule has 0 radical (unpaired) electrons. The van der Waals surface area contributed by atoms with Crippen LogP contribution in [0, 0.1) is 17.2 Å². The van der Waals surface area contributed by atoms with Crippen LogP contribution in [-0.2, 0) is 11.3 Å². The zero-order valence-electron chi connectivity index (χ0n) is 19.1. The molecule has 8 nitrogen and oxygen atoms in total. The van der Waals surface area contributed by atoms with Crippen molar-refractivity contribution in [2.75, 3.05) is 33.2 Å². The minimum Gasteiger partial charge on any atom is -0.369 e. The van der Waals surface area contributed by atoms with Gasteiger partial charge in [0.05, 0.1) is 18.2 Å². The molecule has 0 unspecified atom stereocenters. The Balaban J connectivity index is 1.67. The minimum absolute atomic E-state index is 0.0894. The number of likely N-dealkylation sites (tertiary alicyclic amines) is 1. The summed E-state index contributed by atoms with van der Waals surface area (Å²) in [6, 6.07) is 9.69. The highest BCUT2D eigenvalue weighted by molar-refractivity contribution is 5.97. The highest BCUT2D eigenvalue weighted by atomic mass is 19.1.